The lowest BCUT2D eigenvalue weighted by atomic mass is 9.77. The van der Waals surface area contributed by atoms with Crippen LogP contribution in [0.4, 0.5) is 17.6 Å². The van der Waals surface area contributed by atoms with E-state index in [9.17, 15) is 17.6 Å². The molecule has 25 heavy (non-hydrogen) atoms. The Labute approximate surface area is 147 Å². The van der Waals surface area contributed by atoms with Crippen LogP contribution in [0.3, 0.4) is 0 Å². The largest absolute Gasteiger partial charge is 0.491 e. The molecule has 1 aliphatic carbocycles. The first-order valence-electron chi connectivity index (χ1n) is 9.08. The third kappa shape index (κ3) is 5.48. The van der Waals surface area contributed by atoms with E-state index in [2.05, 4.69) is 0 Å². The lowest BCUT2D eigenvalue weighted by molar-refractivity contribution is 0.294. The molecular weight excluding hydrogens is 332 g/mol. The standard InChI is InChI=1S/C20H26F4O/c1-2-25-18-12-11-17(19(23)20(18)24)15-9-7-14(8-10-15)5-3-4-6-16(22)13-21/h6,11-12,14-15H,2-5,7-10,13H2,1H3/b16-6-. The Kier molecular flexibility index (Phi) is 7.79. The van der Waals surface area contributed by atoms with Crippen LogP contribution in [0.5, 0.6) is 5.75 Å². The number of rotatable bonds is 8. The maximum Gasteiger partial charge on any atom is 0.200 e. The Morgan fingerprint density at radius 2 is 1.88 bits per heavy atom. The van der Waals surface area contributed by atoms with Crippen molar-refractivity contribution in [1.29, 1.82) is 0 Å². The molecule has 1 saturated carbocycles. The van der Waals surface area contributed by atoms with Gasteiger partial charge in [-0.1, -0.05) is 18.6 Å². The molecular formula is C20H26F4O. The van der Waals surface area contributed by atoms with Gasteiger partial charge in [0.05, 0.1) is 6.61 Å². The highest BCUT2D eigenvalue weighted by Crippen LogP contribution is 2.40. The molecule has 0 heterocycles. The SMILES string of the molecule is CCOc1ccc(C2CCC(CCC/C=C(\F)CF)CC2)c(F)c1F. The van der Waals surface area contributed by atoms with Gasteiger partial charge in [0.1, 0.15) is 12.5 Å². The summed E-state index contributed by atoms with van der Waals surface area (Å²) >= 11 is 0. The number of allylic oxidation sites excluding steroid dienone is 2. The molecule has 1 nitrogen and oxygen atoms in total. The van der Waals surface area contributed by atoms with Gasteiger partial charge in [-0.05, 0) is 68.9 Å². The van der Waals surface area contributed by atoms with Gasteiger partial charge in [0.2, 0.25) is 5.82 Å². The molecule has 140 valence electrons. The topological polar surface area (TPSA) is 9.23 Å². The first-order chi connectivity index (χ1) is 12.1. The van der Waals surface area contributed by atoms with Crippen molar-refractivity contribution in [2.45, 2.75) is 57.8 Å². The number of alkyl halides is 1. The molecule has 1 fully saturated rings. The molecule has 0 spiro atoms. The lowest BCUT2D eigenvalue weighted by Crippen LogP contribution is -2.15. The highest BCUT2D eigenvalue weighted by atomic mass is 19.2. The highest BCUT2D eigenvalue weighted by Gasteiger charge is 2.26. The van der Waals surface area contributed by atoms with E-state index in [1.807, 2.05) is 0 Å². The number of halogens is 4. The molecule has 0 unspecified atom stereocenters. The van der Waals surface area contributed by atoms with E-state index in [0.717, 1.165) is 38.5 Å². The molecule has 0 saturated heterocycles. The van der Waals surface area contributed by atoms with Gasteiger partial charge in [0, 0.05) is 0 Å². The molecule has 1 aromatic rings. The summed E-state index contributed by atoms with van der Waals surface area (Å²) in [7, 11) is 0. The smallest absolute Gasteiger partial charge is 0.200 e. The van der Waals surface area contributed by atoms with Crippen molar-refractivity contribution < 1.29 is 22.3 Å². The normalized spacial score (nSPS) is 21.4. The van der Waals surface area contributed by atoms with Crippen LogP contribution >= 0.6 is 0 Å². The van der Waals surface area contributed by atoms with Gasteiger partial charge in [-0.25, -0.2) is 13.2 Å². The maximum absolute atomic E-state index is 14.3. The number of unbranched alkanes of at least 4 members (excludes halogenated alkanes) is 1. The van der Waals surface area contributed by atoms with Gasteiger partial charge >= 0.3 is 0 Å². The van der Waals surface area contributed by atoms with Gasteiger partial charge < -0.3 is 4.74 Å². The average Bonchev–Trinajstić information content (AvgIpc) is 2.63. The maximum atomic E-state index is 14.3. The van der Waals surface area contributed by atoms with Crippen molar-refractivity contribution in [3.8, 4) is 5.75 Å². The molecule has 0 aromatic heterocycles. The van der Waals surface area contributed by atoms with E-state index in [1.54, 1.807) is 13.0 Å². The molecule has 1 aromatic carbocycles. The summed E-state index contributed by atoms with van der Waals surface area (Å²) in [5.74, 6) is -1.87. The molecule has 0 aliphatic heterocycles. The van der Waals surface area contributed by atoms with Crippen LogP contribution in [-0.4, -0.2) is 13.3 Å². The van der Waals surface area contributed by atoms with Crippen molar-refractivity contribution in [1.82, 2.24) is 0 Å². The van der Waals surface area contributed by atoms with Gasteiger partial charge in [0.25, 0.3) is 0 Å². The molecule has 1 aliphatic rings. The minimum absolute atomic E-state index is 0.0327. The molecule has 0 amide bonds. The zero-order valence-corrected chi connectivity index (χ0v) is 14.7. The quantitative estimate of drug-likeness (QED) is 0.374. The molecule has 2 rings (SSSR count). The zero-order chi connectivity index (χ0) is 18.2. The fourth-order valence-corrected chi connectivity index (χ4v) is 3.61. The summed E-state index contributed by atoms with van der Waals surface area (Å²) in [4.78, 5) is 0. The van der Waals surface area contributed by atoms with E-state index >= 15 is 0 Å². The summed E-state index contributed by atoms with van der Waals surface area (Å²) < 4.78 is 58.1. The Hall–Kier alpha value is -1.52. The molecule has 0 radical (unpaired) electrons. The van der Waals surface area contributed by atoms with Crippen LogP contribution < -0.4 is 4.74 Å². The minimum atomic E-state index is -1.03. The van der Waals surface area contributed by atoms with Gasteiger partial charge in [-0.15, -0.1) is 0 Å². The number of hydrogen-bond donors (Lipinski definition) is 0. The third-order valence-electron chi connectivity index (χ3n) is 4.97. The monoisotopic (exact) mass is 358 g/mol. The summed E-state index contributed by atoms with van der Waals surface area (Å²) in [5.41, 5.74) is 0.437. The van der Waals surface area contributed by atoms with Gasteiger partial charge in [-0.2, -0.15) is 4.39 Å². The van der Waals surface area contributed by atoms with E-state index < -0.39 is 24.1 Å². The molecule has 5 heteroatoms. The average molecular weight is 358 g/mol. The fraction of sp³-hybridized carbons (Fsp3) is 0.600. The predicted octanol–water partition coefficient (Wildman–Crippen LogP) is 6.63. The van der Waals surface area contributed by atoms with E-state index in [1.165, 1.54) is 12.1 Å². The van der Waals surface area contributed by atoms with Gasteiger partial charge in [-0.3, -0.25) is 0 Å². The Morgan fingerprint density at radius 1 is 1.16 bits per heavy atom. The molecule has 0 bridgehead atoms. The van der Waals surface area contributed by atoms with Crippen molar-refractivity contribution in [2.75, 3.05) is 13.3 Å². The zero-order valence-electron chi connectivity index (χ0n) is 14.7. The molecule has 0 atom stereocenters. The summed E-state index contributed by atoms with van der Waals surface area (Å²) in [6, 6.07) is 3.15. The van der Waals surface area contributed by atoms with Crippen LogP contribution in [-0.2, 0) is 0 Å². The van der Waals surface area contributed by atoms with E-state index in [4.69, 9.17) is 4.74 Å². The Bertz CT molecular complexity index is 577. The summed E-state index contributed by atoms with van der Waals surface area (Å²) in [6.45, 7) is 0.995. The van der Waals surface area contributed by atoms with Crippen molar-refractivity contribution in [3.05, 3.63) is 41.2 Å². The number of hydrogen-bond acceptors (Lipinski definition) is 1. The van der Waals surface area contributed by atoms with E-state index in [-0.39, 0.29) is 11.7 Å². The van der Waals surface area contributed by atoms with Crippen LogP contribution in [0.15, 0.2) is 24.0 Å². The van der Waals surface area contributed by atoms with Crippen molar-refractivity contribution >= 4 is 0 Å². The van der Waals surface area contributed by atoms with Crippen molar-refractivity contribution in [3.63, 3.8) is 0 Å². The molecule has 0 N–H and O–H groups in total. The van der Waals surface area contributed by atoms with Crippen molar-refractivity contribution in [2.24, 2.45) is 5.92 Å². The first-order valence-corrected chi connectivity index (χ1v) is 9.08. The van der Waals surface area contributed by atoms with Crippen LogP contribution in [0.2, 0.25) is 0 Å². The lowest BCUT2D eigenvalue weighted by Gasteiger charge is -2.29. The predicted molar refractivity (Wildman–Crippen MR) is 91.2 cm³/mol. The third-order valence-corrected chi connectivity index (χ3v) is 4.97. The number of benzene rings is 1. The Balaban J connectivity index is 1.85. The second-order valence-electron chi connectivity index (χ2n) is 6.65. The minimum Gasteiger partial charge on any atom is -0.491 e. The summed E-state index contributed by atoms with van der Waals surface area (Å²) in [5, 5.41) is 0. The second-order valence-corrected chi connectivity index (χ2v) is 6.65. The first kappa shape index (κ1) is 19.8. The van der Waals surface area contributed by atoms with Crippen LogP contribution in [0, 0.1) is 17.6 Å². The van der Waals surface area contributed by atoms with Gasteiger partial charge in [0.15, 0.2) is 11.6 Å². The fourth-order valence-electron chi connectivity index (χ4n) is 3.61. The highest BCUT2D eigenvalue weighted by molar-refractivity contribution is 5.33. The summed E-state index contributed by atoms with van der Waals surface area (Å²) in [6.07, 6.45) is 7.20. The Morgan fingerprint density at radius 3 is 2.52 bits per heavy atom. The van der Waals surface area contributed by atoms with Crippen LogP contribution in [0.1, 0.15) is 63.4 Å². The number of ether oxygens (including phenoxy) is 1. The van der Waals surface area contributed by atoms with Crippen LogP contribution in [0.25, 0.3) is 0 Å². The van der Waals surface area contributed by atoms with E-state index in [0.29, 0.717) is 24.5 Å². The second kappa shape index (κ2) is 9.83.